The molecular weight excluding hydrogens is 457 g/mol. The zero-order valence-electron chi connectivity index (χ0n) is 17.4. The van der Waals surface area contributed by atoms with E-state index in [1.807, 2.05) is 4.90 Å². The van der Waals surface area contributed by atoms with Gasteiger partial charge in [0, 0.05) is 35.4 Å². The Bertz CT molecular complexity index is 1030. The van der Waals surface area contributed by atoms with E-state index in [1.165, 1.54) is 18.2 Å². The maximum atomic E-state index is 13.3. The Morgan fingerprint density at radius 3 is 2.77 bits per heavy atom. The molecule has 1 atom stereocenters. The number of nitrogens with one attached hydrogen (secondary N) is 2. The molecule has 2 aromatic rings. The highest BCUT2D eigenvalue weighted by atomic mass is 35.5. The summed E-state index contributed by atoms with van der Waals surface area (Å²) in [5, 5.41) is 3.78. The lowest BCUT2D eigenvalue weighted by atomic mass is 10.1. The number of rotatable bonds is 7. The highest BCUT2D eigenvalue weighted by molar-refractivity contribution is 7.92. The van der Waals surface area contributed by atoms with Crippen molar-refractivity contribution in [2.24, 2.45) is 0 Å². The monoisotopic (exact) mass is 483 g/mol. The Morgan fingerprint density at radius 2 is 2.03 bits per heavy atom. The molecule has 1 aliphatic heterocycles. The van der Waals surface area contributed by atoms with E-state index in [9.17, 15) is 13.2 Å². The summed E-state index contributed by atoms with van der Waals surface area (Å²) in [4.78, 5) is 15.1. The molecule has 31 heavy (non-hydrogen) atoms. The number of halogens is 2. The molecule has 1 aliphatic rings. The Morgan fingerprint density at radius 1 is 1.23 bits per heavy atom. The molecule has 2 N–H and O–H groups in total. The number of hydrogen-bond acceptors (Lipinski definition) is 4. The molecule has 1 saturated heterocycles. The number of hydrogen-bond donors (Lipinski definition) is 2. The van der Waals surface area contributed by atoms with Gasteiger partial charge in [-0.25, -0.2) is 8.42 Å². The molecule has 0 radical (unpaired) electrons. The molecule has 0 saturated carbocycles. The van der Waals surface area contributed by atoms with Crippen LogP contribution in [0.15, 0.2) is 47.4 Å². The first-order chi connectivity index (χ1) is 14.8. The third kappa shape index (κ3) is 6.13. The van der Waals surface area contributed by atoms with Gasteiger partial charge in [0.2, 0.25) is 0 Å². The highest BCUT2D eigenvalue weighted by Gasteiger charge is 2.26. The van der Waals surface area contributed by atoms with Crippen molar-refractivity contribution < 1.29 is 13.2 Å². The average molecular weight is 484 g/mol. The average Bonchev–Trinajstić information content (AvgIpc) is 2.96. The van der Waals surface area contributed by atoms with Gasteiger partial charge in [0.15, 0.2) is 0 Å². The minimum atomic E-state index is -3.93. The highest BCUT2D eigenvalue weighted by Crippen LogP contribution is 2.27. The minimum Gasteiger partial charge on any atom is -0.334 e. The number of carbonyl (C=O) groups is 1. The summed E-state index contributed by atoms with van der Waals surface area (Å²) in [6, 6.07) is 10.9. The number of sulfonamides is 1. The number of amides is 1. The number of anilines is 1. The Kier molecular flexibility index (Phi) is 8.22. The lowest BCUT2D eigenvalue weighted by Gasteiger charge is -2.30. The summed E-state index contributed by atoms with van der Waals surface area (Å²) in [6.45, 7) is 4.47. The van der Waals surface area contributed by atoms with E-state index in [-0.39, 0.29) is 21.9 Å². The van der Waals surface area contributed by atoms with E-state index in [4.69, 9.17) is 23.2 Å². The predicted octanol–water partition coefficient (Wildman–Crippen LogP) is 4.79. The van der Waals surface area contributed by atoms with Gasteiger partial charge in [0.1, 0.15) is 4.90 Å². The zero-order chi connectivity index (χ0) is 22.4. The van der Waals surface area contributed by atoms with Crippen LogP contribution in [0, 0.1) is 0 Å². The zero-order valence-corrected chi connectivity index (χ0v) is 19.7. The van der Waals surface area contributed by atoms with Crippen molar-refractivity contribution >= 4 is 44.8 Å². The summed E-state index contributed by atoms with van der Waals surface area (Å²) < 4.78 is 28.1. The molecule has 9 heteroatoms. The van der Waals surface area contributed by atoms with Crippen LogP contribution in [-0.2, 0) is 10.0 Å². The molecule has 0 aliphatic carbocycles. The lowest BCUT2D eigenvalue weighted by molar-refractivity contribution is 0.0682. The molecule has 1 heterocycles. The summed E-state index contributed by atoms with van der Waals surface area (Å²) in [6.07, 6.45) is 3.95. The molecule has 0 aromatic heterocycles. The molecule has 6 nitrogen and oxygen atoms in total. The van der Waals surface area contributed by atoms with Crippen molar-refractivity contribution in [3.8, 4) is 0 Å². The fourth-order valence-corrected chi connectivity index (χ4v) is 5.51. The van der Waals surface area contributed by atoms with Gasteiger partial charge in [-0.3, -0.25) is 9.52 Å². The van der Waals surface area contributed by atoms with Crippen LogP contribution < -0.4 is 10.0 Å². The third-order valence-electron chi connectivity index (χ3n) is 5.27. The van der Waals surface area contributed by atoms with Crippen molar-refractivity contribution in [2.75, 3.05) is 24.4 Å². The summed E-state index contributed by atoms with van der Waals surface area (Å²) >= 11 is 11.9. The van der Waals surface area contributed by atoms with E-state index in [0.717, 1.165) is 38.8 Å². The Balaban J connectivity index is 1.82. The van der Waals surface area contributed by atoms with Gasteiger partial charge in [-0.05, 0) is 55.8 Å². The lowest BCUT2D eigenvalue weighted by Crippen LogP contribution is -2.43. The fraction of sp³-hybridized carbons (Fsp3) is 0.409. The normalized spacial score (nSPS) is 17.3. The second-order valence-corrected chi connectivity index (χ2v) is 10.1. The molecule has 2 aromatic carbocycles. The van der Waals surface area contributed by atoms with Crippen molar-refractivity contribution in [3.63, 3.8) is 0 Å². The number of nitrogens with zero attached hydrogens (tertiary/aromatic N) is 1. The van der Waals surface area contributed by atoms with Crippen molar-refractivity contribution in [3.05, 3.63) is 58.1 Å². The quantitative estimate of drug-likeness (QED) is 0.593. The van der Waals surface area contributed by atoms with Crippen LogP contribution in [0.4, 0.5) is 5.69 Å². The molecular formula is C22H27Cl2N3O3S. The van der Waals surface area contributed by atoms with Crippen LogP contribution in [-0.4, -0.2) is 44.9 Å². The maximum Gasteiger partial charge on any atom is 0.263 e. The molecule has 3 rings (SSSR count). The number of benzene rings is 2. The van der Waals surface area contributed by atoms with Crippen molar-refractivity contribution in [1.29, 1.82) is 0 Å². The van der Waals surface area contributed by atoms with Crippen LogP contribution in [0.25, 0.3) is 0 Å². The first-order valence-electron chi connectivity index (χ1n) is 10.4. The molecule has 168 valence electrons. The minimum absolute atomic E-state index is 0.0306. The van der Waals surface area contributed by atoms with Crippen molar-refractivity contribution in [1.82, 2.24) is 10.2 Å². The van der Waals surface area contributed by atoms with Crippen LogP contribution >= 0.6 is 23.2 Å². The maximum absolute atomic E-state index is 13.3. The van der Waals surface area contributed by atoms with Crippen LogP contribution in [0.1, 0.15) is 43.0 Å². The topological polar surface area (TPSA) is 78.5 Å². The second-order valence-electron chi connectivity index (χ2n) is 7.61. The van der Waals surface area contributed by atoms with Gasteiger partial charge in [0.05, 0.1) is 5.02 Å². The molecule has 0 bridgehead atoms. The largest absolute Gasteiger partial charge is 0.334 e. The van der Waals surface area contributed by atoms with E-state index < -0.39 is 10.0 Å². The first-order valence-corrected chi connectivity index (χ1v) is 12.7. The smallest absolute Gasteiger partial charge is 0.263 e. The Labute approximate surface area is 194 Å². The van der Waals surface area contributed by atoms with Crippen molar-refractivity contribution in [2.45, 2.75) is 43.5 Å². The van der Waals surface area contributed by atoms with Gasteiger partial charge >= 0.3 is 0 Å². The van der Waals surface area contributed by atoms with Gasteiger partial charge in [0.25, 0.3) is 15.9 Å². The molecule has 1 amide bonds. The van der Waals surface area contributed by atoms with Crippen LogP contribution in [0.2, 0.25) is 10.0 Å². The summed E-state index contributed by atoms with van der Waals surface area (Å²) in [7, 11) is -3.93. The van der Waals surface area contributed by atoms with E-state index >= 15 is 0 Å². The van der Waals surface area contributed by atoms with Gasteiger partial charge in [-0.1, -0.05) is 49.0 Å². The SMILES string of the molecule is CCCCC1CNCCCN1C(=O)c1cccc(NS(=O)(=O)c2ccc(Cl)cc2Cl)c1. The standard InChI is InChI=1S/C22H27Cl2N3O3S/c1-2-3-8-19-15-25-11-5-12-27(19)22(28)16-6-4-7-18(13-16)26-31(29,30)21-10-9-17(23)14-20(21)24/h4,6-7,9-10,13-14,19,25-26H,2-3,5,8,11-12,15H2,1H3. The van der Waals surface area contributed by atoms with E-state index in [2.05, 4.69) is 17.0 Å². The summed E-state index contributed by atoms with van der Waals surface area (Å²) in [5.74, 6) is -0.0876. The van der Waals surface area contributed by atoms with Crippen LogP contribution in [0.3, 0.4) is 0 Å². The number of carbonyl (C=O) groups excluding carboxylic acids is 1. The van der Waals surface area contributed by atoms with Gasteiger partial charge < -0.3 is 10.2 Å². The van der Waals surface area contributed by atoms with E-state index in [1.54, 1.807) is 24.3 Å². The molecule has 1 unspecified atom stereocenters. The van der Waals surface area contributed by atoms with Gasteiger partial charge in [-0.15, -0.1) is 0 Å². The van der Waals surface area contributed by atoms with E-state index in [0.29, 0.717) is 22.8 Å². The second kappa shape index (κ2) is 10.7. The predicted molar refractivity (Wildman–Crippen MR) is 126 cm³/mol. The summed E-state index contributed by atoms with van der Waals surface area (Å²) in [5.41, 5.74) is 0.751. The third-order valence-corrected chi connectivity index (χ3v) is 7.37. The Hall–Kier alpha value is -1.80. The van der Waals surface area contributed by atoms with Crippen LogP contribution in [0.5, 0.6) is 0 Å². The molecule has 0 spiro atoms. The van der Waals surface area contributed by atoms with Gasteiger partial charge in [-0.2, -0.15) is 0 Å². The first kappa shape index (κ1) is 23.9. The number of unbranched alkanes of at least 4 members (excludes halogenated alkanes) is 1. The fourth-order valence-electron chi connectivity index (χ4n) is 3.69. The molecule has 1 fully saturated rings.